The molecule has 1 saturated heterocycles. The molecule has 12 heteroatoms. The summed E-state index contributed by atoms with van der Waals surface area (Å²) in [6, 6.07) is 5.09. The molecule has 38 heavy (non-hydrogen) atoms. The van der Waals surface area contributed by atoms with Crippen LogP contribution in [0, 0.1) is 12.7 Å². The number of rotatable bonds is 9. The van der Waals surface area contributed by atoms with E-state index in [0.29, 0.717) is 54.5 Å². The average Bonchev–Trinajstić information content (AvgIpc) is 2.83. The zero-order valence-corrected chi connectivity index (χ0v) is 22.7. The predicted molar refractivity (Wildman–Crippen MR) is 140 cm³/mol. The second kappa shape index (κ2) is 11.4. The van der Waals surface area contributed by atoms with Crippen LogP contribution in [-0.2, 0) is 9.84 Å². The van der Waals surface area contributed by atoms with Gasteiger partial charge in [0.25, 0.3) is 6.43 Å². The number of alkyl halides is 2. The Morgan fingerprint density at radius 3 is 2.47 bits per heavy atom. The molecule has 206 valence electrons. The molecule has 0 spiro atoms. The number of sulfone groups is 1. The number of hydrogen-bond donors (Lipinski definition) is 1. The summed E-state index contributed by atoms with van der Waals surface area (Å²) in [5.41, 5.74) is 0.554. The molecule has 0 amide bonds. The van der Waals surface area contributed by atoms with Crippen molar-refractivity contribution >= 4 is 26.7 Å². The van der Waals surface area contributed by atoms with Gasteiger partial charge in [0, 0.05) is 17.7 Å². The Labute approximate surface area is 220 Å². The Morgan fingerprint density at radius 2 is 1.82 bits per heavy atom. The number of aromatic nitrogens is 3. The smallest absolute Gasteiger partial charge is 0.266 e. The van der Waals surface area contributed by atoms with Crippen molar-refractivity contribution in [1.29, 1.82) is 0 Å². The van der Waals surface area contributed by atoms with Gasteiger partial charge in [-0.15, -0.1) is 0 Å². The molecule has 0 aliphatic carbocycles. The van der Waals surface area contributed by atoms with Crippen molar-refractivity contribution in [1.82, 2.24) is 19.9 Å². The highest BCUT2D eigenvalue weighted by molar-refractivity contribution is 7.91. The van der Waals surface area contributed by atoms with Crippen LogP contribution in [0.15, 0.2) is 24.3 Å². The number of fused-ring (bicyclic) bond motifs is 1. The Kier molecular flexibility index (Phi) is 8.41. The predicted octanol–water partition coefficient (Wildman–Crippen LogP) is 4.82. The number of benzene rings is 1. The molecule has 3 heterocycles. The summed E-state index contributed by atoms with van der Waals surface area (Å²) in [7, 11) is 0.785. The van der Waals surface area contributed by atoms with Crippen LogP contribution in [0.25, 0.3) is 11.0 Å². The molecular weight excluding hydrogens is 519 g/mol. The zero-order valence-electron chi connectivity index (χ0n) is 21.8. The van der Waals surface area contributed by atoms with Gasteiger partial charge in [0.05, 0.1) is 28.5 Å². The van der Waals surface area contributed by atoms with Gasteiger partial charge in [0.15, 0.2) is 5.65 Å². The largest absolute Gasteiger partial charge is 0.476 e. The number of nitrogens with one attached hydrogen (secondary N) is 1. The SMILES string of the molecule is Cc1nc(NC(C)c2cccc(C(F)F)c2F)c2cc(C3CCS(=O)(=O)CC3)c(OCCN(C)C)nc2n1. The minimum atomic E-state index is -3.08. The van der Waals surface area contributed by atoms with Crippen molar-refractivity contribution in [3.63, 3.8) is 0 Å². The van der Waals surface area contributed by atoms with E-state index in [1.807, 2.05) is 25.1 Å². The monoisotopic (exact) mass is 551 g/mol. The molecule has 1 aliphatic heterocycles. The topological polar surface area (TPSA) is 97.3 Å². The number of hydrogen-bond acceptors (Lipinski definition) is 8. The number of aryl methyl sites for hydroxylation is 1. The van der Waals surface area contributed by atoms with Gasteiger partial charge in [-0.2, -0.15) is 4.98 Å². The number of halogens is 3. The third kappa shape index (κ3) is 6.35. The fourth-order valence-electron chi connectivity index (χ4n) is 4.56. The van der Waals surface area contributed by atoms with E-state index in [9.17, 15) is 21.6 Å². The molecule has 3 aromatic rings. The molecule has 1 fully saturated rings. The van der Waals surface area contributed by atoms with E-state index < -0.39 is 33.7 Å². The minimum absolute atomic E-state index is 0.0825. The van der Waals surface area contributed by atoms with Gasteiger partial charge in [-0.1, -0.05) is 18.2 Å². The first-order chi connectivity index (χ1) is 17.9. The quantitative estimate of drug-likeness (QED) is 0.405. The summed E-state index contributed by atoms with van der Waals surface area (Å²) >= 11 is 0. The normalized spacial score (nSPS) is 16.8. The lowest BCUT2D eigenvalue weighted by Gasteiger charge is -2.25. The van der Waals surface area contributed by atoms with Gasteiger partial charge in [0.1, 0.15) is 33.9 Å². The first-order valence-electron chi connectivity index (χ1n) is 12.5. The second-order valence-electron chi connectivity index (χ2n) is 9.87. The van der Waals surface area contributed by atoms with Crippen LogP contribution in [-0.4, -0.2) is 67.0 Å². The third-order valence-electron chi connectivity index (χ3n) is 6.68. The van der Waals surface area contributed by atoms with Crippen LogP contribution < -0.4 is 10.1 Å². The van der Waals surface area contributed by atoms with Crippen LogP contribution in [0.4, 0.5) is 19.0 Å². The number of pyridine rings is 1. The van der Waals surface area contributed by atoms with Crippen LogP contribution in [0.5, 0.6) is 5.88 Å². The van der Waals surface area contributed by atoms with Crippen LogP contribution in [0.3, 0.4) is 0 Å². The summed E-state index contributed by atoms with van der Waals surface area (Å²) in [6.45, 7) is 4.40. The van der Waals surface area contributed by atoms with Gasteiger partial charge in [0.2, 0.25) is 5.88 Å². The fraction of sp³-hybridized carbons (Fsp3) is 0.500. The van der Waals surface area contributed by atoms with E-state index in [1.165, 1.54) is 12.1 Å². The van der Waals surface area contributed by atoms with Gasteiger partial charge in [-0.3, -0.25) is 0 Å². The molecule has 1 aliphatic rings. The minimum Gasteiger partial charge on any atom is -0.476 e. The molecule has 1 unspecified atom stereocenters. The van der Waals surface area contributed by atoms with Crippen LogP contribution in [0.1, 0.15) is 60.7 Å². The van der Waals surface area contributed by atoms with Crippen molar-refractivity contribution in [2.45, 2.75) is 45.1 Å². The summed E-state index contributed by atoms with van der Waals surface area (Å²) in [4.78, 5) is 15.6. The van der Waals surface area contributed by atoms with Crippen molar-refractivity contribution in [3.8, 4) is 5.88 Å². The fourth-order valence-corrected chi connectivity index (χ4v) is 6.05. The first kappa shape index (κ1) is 28.0. The highest BCUT2D eigenvalue weighted by atomic mass is 32.2. The Hall–Kier alpha value is -2.99. The van der Waals surface area contributed by atoms with Crippen molar-refractivity contribution < 1.29 is 26.3 Å². The zero-order chi connectivity index (χ0) is 27.6. The lowest BCUT2D eigenvalue weighted by molar-refractivity contribution is 0.146. The summed E-state index contributed by atoms with van der Waals surface area (Å²) < 4.78 is 71.5. The summed E-state index contributed by atoms with van der Waals surface area (Å²) in [6.07, 6.45) is -2.05. The summed E-state index contributed by atoms with van der Waals surface area (Å²) in [5.74, 6) is 0.304. The first-order valence-corrected chi connectivity index (χ1v) is 14.3. The third-order valence-corrected chi connectivity index (χ3v) is 8.39. The van der Waals surface area contributed by atoms with Crippen molar-refractivity contribution in [2.75, 3.05) is 44.1 Å². The molecule has 1 N–H and O–H groups in total. The maximum atomic E-state index is 14.8. The van der Waals surface area contributed by atoms with Gasteiger partial charge < -0.3 is 15.0 Å². The molecule has 2 aromatic heterocycles. The molecule has 1 atom stereocenters. The van der Waals surface area contributed by atoms with Gasteiger partial charge >= 0.3 is 0 Å². The van der Waals surface area contributed by atoms with E-state index in [4.69, 9.17) is 4.74 Å². The Balaban J connectivity index is 1.75. The number of anilines is 1. The van der Waals surface area contributed by atoms with Crippen molar-refractivity contribution in [2.24, 2.45) is 0 Å². The highest BCUT2D eigenvalue weighted by Gasteiger charge is 2.29. The molecular formula is C26H32F3N5O3S. The molecule has 0 saturated carbocycles. The lowest BCUT2D eigenvalue weighted by Crippen LogP contribution is -2.24. The number of ether oxygens (including phenoxy) is 1. The maximum absolute atomic E-state index is 14.8. The van der Waals surface area contributed by atoms with E-state index in [1.54, 1.807) is 13.8 Å². The number of likely N-dealkylation sites (N-methyl/N-ethyl adjacent to an activating group) is 1. The average molecular weight is 552 g/mol. The molecule has 0 radical (unpaired) electrons. The Morgan fingerprint density at radius 1 is 1.13 bits per heavy atom. The highest BCUT2D eigenvalue weighted by Crippen LogP contribution is 2.38. The number of nitrogens with zero attached hydrogens (tertiary/aromatic N) is 4. The lowest BCUT2D eigenvalue weighted by atomic mass is 9.93. The van der Waals surface area contributed by atoms with Crippen LogP contribution in [0.2, 0.25) is 0 Å². The van der Waals surface area contributed by atoms with E-state index in [2.05, 4.69) is 20.3 Å². The van der Waals surface area contributed by atoms with E-state index >= 15 is 0 Å². The molecule has 1 aromatic carbocycles. The van der Waals surface area contributed by atoms with E-state index in [0.717, 1.165) is 11.6 Å². The van der Waals surface area contributed by atoms with Crippen LogP contribution >= 0.6 is 0 Å². The second-order valence-corrected chi connectivity index (χ2v) is 12.2. The van der Waals surface area contributed by atoms with Gasteiger partial charge in [-0.25, -0.2) is 31.6 Å². The van der Waals surface area contributed by atoms with Crippen molar-refractivity contribution in [3.05, 3.63) is 52.6 Å². The molecule has 8 nitrogen and oxygen atoms in total. The standard InChI is InChI=1S/C26H32F3N5O3S/c1-15(18-6-5-7-19(22(18)27)23(28)29)30-24-21-14-20(17-8-12-38(35,36)13-9-17)26(37-11-10-34(3)4)33-25(21)32-16(2)31-24/h5-7,14-15,17,23H,8-13H2,1-4H3,(H,30,31,32,33). The summed E-state index contributed by atoms with van der Waals surface area (Å²) in [5, 5.41) is 3.70. The van der Waals surface area contributed by atoms with Gasteiger partial charge in [-0.05, 0) is 52.8 Å². The molecule has 4 rings (SSSR count). The Bertz CT molecular complexity index is 1400. The molecule has 0 bridgehead atoms. The maximum Gasteiger partial charge on any atom is 0.266 e. The van der Waals surface area contributed by atoms with E-state index in [-0.39, 0.29) is 23.0 Å².